The Morgan fingerprint density at radius 2 is 0.930 bits per heavy atom. The maximum Gasteiger partial charge on any atom is 0.135 e. The van der Waals surface area contributed by atoms with Crippen LogP contribution in [0.4, 0.5) is 0 Å². The molecule has 4 aromatic heterocycles. The fraction of sp³-hybridized carbons (Fsp3) is 0.412. The van der Waals surface area contributed by atoms with E-state index in [1.54, 1.807) is 0 Å². The molecular weight excluding hydrogens is 701 g/mol. The highest BCUT2D eigenvalue weighted by atomic mass is 16.3. The predicted molar refractivity (Wildman–Crippen MR) is 233 cm³/mol. The normalized spacial score (nSPS) is 17.3. The third-order valence-electron chi connectivity index (χ3n) is 14.5. The van der Waals surface area contributed by atoms with Crippen molar-refractivity contribution >= 4 is 43.9 Å². The van der Waals surface area contributed by atoms with Gasteiger partial charge in [-0.15, -0.1) is 0 Å². The van der Waals surface area contributed by atoms with Crippen LogP contribution < -0.4 is 0 Å². The zero-order chi connectivity index (χ0) is 38.8. The van der Waals surface area contributed by atoms with Gasteiger partial charge in [-0.3, -0.25) is 0 Å². The summed E-state index contributed by atoms with van der Waals surface area (Å²) in [6, 6.07) is 29.7. The van der Waals surface area contributed by atoms with Crippen molar-refractivity contribution in [1.82, 2.24) is 19.6 Å². The largest absolute Gasteiger partial charge is 0.456 e. The van der Waals surface area contributed by atoms with E-state index in [9.17, 15) is 0 Å². The van der Waals surface area contributed by atoms with E-state index >= 15 is 0 Å². The highest BCUT2D eigenvalue weighted by molar-refractivity contribution is 6.06. The zero-order valence-corrected chi connectivity index (χ0v) is 34.2. The summed E-state index contributed by atoms with van der Waals surface area (Å²) in [5.74, 6) is 0. The summed E-state index contributed by atoms with van der Waals surface area (Å²) in [4.78, 5) is 0. The van der Waals surface area contributed by atoms with Crippen molar-refractivity contribution in [2.75, 3.05) is 0 Å². The van der Waals surface area contributed by atoms with Crippen molar-refractivity contribution < 1.29 is 8.83 Å². The Labute approximate surface area is 336 Å². The van der Waals surface area contributed by atoms with Gasteiger partial charge in [0, 0.05) is 33.9 Å². The summed E-state index contributed by atoms with van der Waals surface area (Å²) in [7, 11) is 0. The number of rotatable bonds is 10. The summed E-state index contributed by atoms with van der Waals surface area (Å²) in [6.07, 6.45) is 22.3. The summed E-state index contributed by atoms with van der Waals surface area (Å²) >= 11 is 0. The molecule has 0 radical (unpaired) electrons. The van der Waals surface area contributed by atoms with Crippen molar-refractivity contribution in [2.24, 2.45) is 10.8 Å². The molecule has 2 aliphatic carbocycles. The summed E-state index contributed by atoms with van der Waals surface area (Å²) in [5.41, 5.74) is 10.9. The number of benzene rings is 4. The fourth-order valence-electron chi connectivity index (χ4n) is 10.9. The summed E-state index contributed by atoms with van der Waals surface area (Å²) in [6.45, 7) is 9.59. The number of aromatic nitrogens is 4. The lowest BCUT2D eigenvalue weighted by Crippen LogP contribution is -2.30. The number of nitrogens with zero attached hydrogens (tertiary/aromatic N) is 4. The quantitative estimate of drug-likeness (QED) is 0.139. The minimum atomic E-state index is -0.451. The molecule has 4 aromatic carbocycles. The Bertz CT molecular complexity index is 2540. The van der Waals surface area contributed by atoms with Crippen LogP contribution in [-0.2, 0) is 18.3 Å². The van der Waals surface area contributed by atoms with Gasteiger partial charge in [0.2, 0.25) is 0 Å². The van der Waals surface area contributed by atoms with Crippen LogP contribution in [0.25, 0.3) is 55.3 Å². The highest BCUT2D eigenvalue weighted by Crippen LogP contribution is 2.47. The Morgan fingerprint density at radius 1 is 0.526 bits per heavy atom. The van der Waals surface area contributed by atoms with Crippen LogP contribution in [0.15, 0.2) is 106 Å². The Morgan fingerprint density at radius 3 is 1.35 bits per heavy atom. The van der Waals surface area contributed by atoms with E-state index in [0.717, 1.165) is 79.5 Å². The van der Waals surface area contributed by atoms with Gasteiger partial charge in [-0.05, 0) is 123 Å². The molecule has 2 aliphatic rings. The van der Waals surface area contributed by atoms with E-state index in [4.69, 9.17) is 19.0 Å². The number of para-hydroxylation sites is 2. The van der Waals surface area contributed by atoms with Crippen molar-refractivity contribution in [3.05, 3.63) is 120 Å². The van der Waals surface area contributed by atoms with Crippen LogP contribution in [0.5, 0.6) is 0 Å². The second-order valence-electron chi connectivity index (χ2n) is 18.3. The van der Waals surface area contributed by atoms with Crippen molar-refractivity contribution in [1.29, 1.82) is 0 Å². The van der Waals surface area contributed by atoms with Gasteiger partial charge in [-0.25, -0.2) is 9.36 Å². The Hall–Kier alpha value is -5.10. The number of hydrogen-bond acceptors (Lipinski definition) is 4. The van der Waals surface area contributed by atoms with Gasteiger partial charge in [-0.2, -0.15) is 10.2 Å². The molecule has 57 heavy (non-hydrogen) atoms. The van der Waals surface area contributed by atoms with Crippen LogP contribution in [0.3, 0.4) is 0 Å². The van der Waals surface area contributed by atoms with Crippen LogP contribution in [-0.4, -0.2) is 19.6 Å². The van der Waals surface area contributed by atoms with E-state index in [-0.39, 0.29) is 0 Å². The van der Waals surface area contributed by atoms with Crippen molar-refractivity contribution in [2.45, 2.75) is 123 Å². The van der Waals surface area contributed by atoms with Gasteiger partial charge in [0.25, 0.3) is 0 Å². The minimum Gasteiger partial charge on any atom is -0.456 e. The average Bonchev–Trinajstić information content (AvgIpc) is 4.04. The molecule has 0 amide bonds. The zero-order valence-electron chi connectivity index (χ0n) is 34.2. The molecule has 2 saturated carbocycles. The second kappa shape index (κ2) is 14.1. The van der Waals surface area contributed by atoms with Crippen LogP contribution in [0, 0.1) is 10.8 Å². The molecule has 10 rings (SSSR count). The molecule has 292 valence electrons. The van der Waals surface area contributed by atoms with Gasteiger partial charge in [0.05, 0.1) is 28.2 Å². The Kier molecular flexibility index (Phi) is 8.95. The smallest absolute Gasteiger partial charge is 0.135 e. The molecule has 0 N–H and O–H groups in total. The Balaban J connectivity index is 1.13. The predicted octanol–water partition coefficient (Wildman–Crippen LogP) is 14.0. The lowest BCUT2D eigenvalue weighted by atomic mass is 9.66. The van der Waals surface area contributed by atoms with E-state index < -0.39 is 5.41 Å². The van der Waals surface area contributed by atoms with Crippen LogP contribution in [0.2, 0.25) is 0 Å². The van der Waals surface area contributed by atoms with Gasteiger partial charge < -0.3 is 8.83 Å². The summed E-state index contributed by atoms with van der Waals surface area (Å²) < 4.78 is 16.8. The lowest BCUT2D eigenvalue weighted by Gasteiger charge is -2.38. The molecule has 6 heteroatoms. The summed E-state index contributed by atoms with van der Waals surface area (Å²) in [5, 5.41) is 15.8. The lowest BCUT2D eigenvalue weighted by molar-refractivity contribution is 0.178. The van der Waals surface area contributed by atoms with E-state index in [2.05, 4.69) is 122 Å². The number of furan rings is 2. The van der Waals surface area contributed by atoms with Crippen molar-refractivity contribution in [3.8, 4) is 11.4 Å². The highest BCUT2D eigenvalue weighted by Gasteiger charge is 2.40. The van der Waals surface area contributed by atoms with Crippen LogP contribution in [0.1, 0.15) is 127 Å². The molecule has 2 fully saturated rings. The number of fused-ring (bicyclic) bond motifs is 6. The van der Waals surface area contributed by atoms with Crippen molar-refractivity contribution in [3.63, 3.8) is 0 Å². The minimum absolute atomic E-state index is 0.293. The van der Waals surface area contributed by atoms with Gasteiger partial charge in [0.15, 0.2) is 0 Å². The van der Waals surface area contributed by atoms with Gasteiger partial charge >= 0.3 is 0 Å². The van der Waals surface area contributed by atoms with Gasteiger partial charge in [-0.1, -0.05) is 102 Å². The average molecular weight is 757 g/mol. The number of hydrogen-bond donors (Lipinski definition) is 0. The maximum absolute atomic E-state index is 6.24. The second-order valence-corrected chi connectivity index (χ2v) is 18.3. The molecule has 0 bridgehead atoms. The molecule has 0 unspecified atom stereocenters. The monoisotopic (exact) mass is 756 g/mol. The topological polar surface area (TPSA) is 61.9 Å². The first-order valence-corrected chi connectivity index (χ1v) is 21.8. The molecule has 0 saturated heterocycles. The first-order chi connectivity index (χ1) is 27.8. The fourth-order valence-corrected chi connectivity index (χ4v) is 10.9. The third-order valence-corrected chi connectivity index (χ3v) is 14.5. The molecular formula is C51H56N4O2. The SMILES string of the molecule is CCC1(Cc2cn(-c3ccc4oc5ccccc5c4c3)nc2C(C)(C)c2nn(-c3ccc4oc5ccccc5c4c3)cc2CC2(CC)CCCCC2)CCCCC1. The third kappa shape index (κ3) is 6.31. The first-order valence-electron chi connectivity index (χ1n) is 21.8. The van der Waals surface area contributed by atoms with E-state index in [1.807, 2.05) is 12.1 Å². The molecule has 0 spiro atoms. The van der Waals surface area contributed by atoms with Crippen LogP contribution >= 0.6 is 0 Å². The van der Waals surface area contributed by atoms with Gasteiger partial charge in [0.1, 0.15) is 22.3 Å². The molecule has 0 atom stereocenters. The molecule has 0 aliphatic heterocycles. The first kappa shape index (κ1) is 36.3. The molecule has 6 nitrogen and oxygen atoms in total. The maximum atomic E-state index is 6.24. The molecule has 4 heterocycles. The molecule has 8 aromatic rings. The standard InChI is InChI=1S/C51H56N4O2/c1-5-50(25-13-7-14-26-50)31-35-33-54(37-21-23-45-41(29-37)39-17-9-11-19-43(39)56-45)52-47(35)49(3,4)48-36(32-51(6-2)27-15-8-16-28-51)34-55(53-48)38-22-24-46-42(30-38)40-18-10-12-20-44(40)57-46/h9-12,17-24,29-30,33-34H,5-8,13-16,25-28,31-32H2,1-4H3. The van der Waals surface area contributed by atoms with E-state index in [1.165, 1.54) is 88.2 Å². The van der Waals surface area contributed by atoms with E-state index in [0.29, 0.717) is 10.8 Å².